The molecule has 5 heteroatoms. The van der Waals surface area contributed by atoms with Crippen molar-refractivity contribution >= 4 is 11.2 Å². The molecule has 2 aromatic heterocycles. The fraction of sp³-hybridized carbons (Fsp3) is 0.217. The van der Waals surface area contributed by atoms with Crippen molar-refractivity contribution in [3.63, 3.8) is 0 Å². The van der Waals surface area contributed by atoms with Crippen LogP contribution in [0.2, 0.25) is 0 Å². The summed E-state index contributed by atoms with van der Waals surface area (Å²) in [5.41, 5.74) is 5.22. The van der Waals surface area contributed by atoms with Gasteiger partial charge in [0, 0.05) is 18.8 Å². The first kappa shape index (κ1) is 18.0. The summed E-state index contributed by atoms with van der Waals surface area (Å²) in [6, 6.07) is 18.4. The van der Waals surface area contributed by atoms with E-state index in [9.17, 15) is 0 Å². The van der Waals surface area contributed by atoms with Crippen LogP contribution in [0, 0.1) is 0 Å². The van der Waals surface area contributed by atoms with Crippen molar-refractivity contribution in [3.05, 3.63) is 83.8 Å². The predicted molar refractivity (Wildman–Crippen MR) is 110 cm³/mol. The fourth-order valence-corrected chi connectivity index (χ4v) is 3.31. The van der Waals surface area contributed by atoms with Crippen molar-refractivity contribution in [1.82, 2.24) is 14.5 Å². The van der Waals surface area contributed by atoms with E-state index in [1.807, 2.05) is 42.7 Å². The Balaban J connectivity index is 1.50. The van der Waals surface area contributed by atoms with Gasteiger partial charge in [0.2, 0.25) is 0 Å². The number of aromatic nitrogens is 3. The topological polar surface area (TPSA) is 49.2 Å². The van der Waals surface area contributed by atoms with Crippen molar-refractivity contribution in [3.8, 4) is 11.5 Å². The normalized spacial score (nSPS) is 10.9. The van der Waals surface area contributed by atoms with Crippen molar-refractivity contribution in [2.45, 2.75) is 19.4 Å². The third kappa shape index (κ3) is 3.98. The molecule has 5 nitrogen and oxygen atoms in total. The van der Waals surface area contributed by atoms with Crippen LogP contribution >= 0.6 is 0 Å². The van der Waals surface area contributed by atoms with Crippen molar-refractivity contribution in [2.75, 3.05) is 14.2 Å². The van der Waals surface area contributed by atoms with Gasteiger partial charge in [0.25, 0.3) is 0 Å². The number of methoxy groups -OCH3 is 2. The molecule has 0 amide bonds. The molecule has 0 saturated heterocycles. The molecule has 0 radical (unpaired) electrons. The number of nitrogens with zero attached hydrogens (tertiary/aromatic N) is 3. The zero-order valence-corrected chi connectivity index (χ0v) is 16.1. The van der Waals surface area contributed by atoms with Crippen LogP contribution in [-0.4, -0.2) is 28.8 Å². The maximum atomic E-state index is 5.35. The van der Waals surface area contributed by atoms with Gasteiger partial charge in [-0.3, -0.25) is 0 Å². The van der Waals surface area contributed by atoms with Crippen molar-refractivity contribution in [2.24, 2.45) is 0 Å². The van der Waals surface area contributed by atoms with Crippen LogP contribution in [0.5, 0.6) is 11.5 Å². The smallest absolute Gasteiger partial charge is 0.158 e. The Morgan fingerprint density at radius 1 is 0.857 bits per heavy atom. The van der Waals surface area contributed by atoms with Crippen LogP contribution in [0.1, 0.15) is 16.8 Å². The summed E-state index contributed by atoms with van der Waals surface area (Å²) < 4.78 is 12.8. The molecule has 2 heterocycles. The van der Waals surface area contributed by atoms with Gasteiger partial charge in [0.15, 0.2) is 5.65 Å². The third-order valence-corrected chi connectivity index (χ3v) is 4.79. The van der Waals surface area contributed by atoms with Crippen LogP contribution in [0.25, 0.3) is 11.2 Å². The molecule has 0 fully saturated rings. The van der Waals surface area contributed by atoms with E-state index in [1.165, 1.54) is 5.56 Å². The van der Waals surface area contributed by atoms with Crippen LogP contribution in [0.15, 0.2) is 67.0 Å². The van der Waals surface area contributed by atoms with E-state index in [0.29, 0.717) is 0 Å². The highest BCUT2D eigenvalue weighted by atomic mass is 16.5. The average molecular weight is 373 g/mol. The third-order valence-electron chi connectivity index (χ3n) is 4.79. The zero-order valence-electron chi connectivity index (χ0n) is 16.1. The van der Waals surface area contributed by atoms with Gasteiger partial charge >= 0.3 is 0 Å². The van der Waals surface area contributed by atoms with E-state index in [0.717, 1.165) is 53.3 Å². The lowest BCUT2D eigenvalue weighted by Crippen LogP contribution is -2.01. The lowest BCUT2D eigenvalue weighted by molar-refractivity contribution is 0.393. The first-order chi connectivity index (χ1) is 13.7. The van der Waals surface area contributed by atoms with Crippen LogP contribution < -0.4 is 9.47 Å². The second-order valence-corrected chi connectivity index (χ2v) is 6.72. The molecule has 0 saturated carbocycles. The first-order valence-electron chi connectivity index (χ1n) is 9.32. The van der Waals surface area contributed by atoms with E-state index in [4.69, 9.17) is 14.5 Å². The van der Waals surface area contributed by atoms with E-state index in [2.05, 4.69) is 33.8 Å². The number of hydrogen-bond acceptors (Lipinski definition) is 4. The SMILES string of the molecule is COc1cc(CCc2cnc3c(ccn3Cc3ccccc3)n2)cc(OC)c1. The Morgan fingerprint density at radius 2 is 1.61 bits per heavy atom. The molecule has 0 atom stereocenters. The molecular weight excluding hydrogens is 350 g/mol. The number of benzene rings is 2. The minimum absolute atomic E-state index is 0.794. The van der Waals surface area contributed by atoms with Gasteiger partial charge in [-0.1, -0.05) is 30.3 Å². The largest absolute Gasteiger partial charge is 0.497 e. The number of hydrogen-bond donors (Lipinski definition) is 0. The first-order valence-corrected chi connectivity index (χ1v) is 9.32. The van der Waals surface area contributed by atoms with Crippen molar-refractivity contribution < 1.29 is 9.47 Å². The van der Waals surface area contributed by atoms with Gasteiger partial charge in [-0.05, 0) is 42.2 Å². The number of aryl methyl sites for hydroxylation is 2. The van der Waals surface area contributed by atoms with Crippen LogP contribution in [0.3, 0.4) is 0 Å². The quantitative estimate of drug-likeness (QED) is 0.485. The number of ether oxygens (including phenoxy) is 2. The highest BCUT2D eigenvalue weighted by molar-refractivity contribution is 5.71. The maximum absolute atomic E-state index is 5.35. The molecule has 28 heavy (non-hydrogen) atoms. The zero-order chi connectivity index (χ0) is 19.3. The Morgan fingerprint density at radius 3 is 2.32 bits per heavy atom. The molecule has 4 rings (SSSR count). The molecule has 0 unspecified atom stereocenters. The standard InChI is InChI=1S/C23H23N3O2/c1-27-20-12-18(13-21(14-20)28-2)8-9-19-15-24-23-22(25-19)10-11-26(23)16-17-6-4-3-5-7-17/h3-7,10-15H,8-9,16H2,1-2H3. The van der Waals surface area contributed by atoms with Gasteiger partial charge < -0.3 is 14.0 Å². The molecular formula is C23H23N3O2. The molecule has 0 aliphatic rings. The predicted octanol–water partition coefficient (Wildman–Crippen LogP) is 4.28. The van der Waals surface area contributed by atoms with Gasteiger partial charge in [0.1, 0.15) is 17.0 Å². The Labute approximate surface area is 164 Å². The summed E-state index contributed by atoms with van der Waals surface area (Å²) in [6.07, 6.45) is 5.58. The number of fused-ring (bicyclic) bond motifs is 1. The van der Waals surface area contributed by atoms with Crippen LogP contribution in [-0.2, 0) is 19.4 Å². The van der Waals surface area contributed by atoms with E-state index < -0.39 is 0 Å². The van der Waals surface area contributed by atoms with Gasteiger partial charge in [0.05, 0.1) is 26.1 Å². The lowest BCUT2D eigenvalue weighted by Gasteiger charge is -2.08. The van der Waals surface area contributed by atoms with Crippen molar-refractivity contribution in [1.29, 1.82) is 0 Å². The van der Waals surface area contributed by atoms with Gasteiger partial charge in [-0.25, -0.2) is 9.97 Å². The monoisotopic (exact) mass is 373 g/mol. The minimum Gasteiger partial charge on any atom is -0.497 e. The summed E-state index contributed by atoms with van der Waals surface area (Å²) in [6.45, 7) is 0.794. The number of rotatable bonds is 7. The fourth-order valence-electron chi connectivity index (χ4n) is 3.31. The second-order valence-electron chi connectivity index (χ2n) is 6.72. The van der Waals surface area contributed by atoms with Gasteiger partial charge in [-0.15, -0.1) is 0 Å². The van der Waals surface area contributed by atoms with E-state index in [1.54, 1.807) is 14.2 Å². The van der Waals surface area contributed by atoms with E-state index >= 15 is 0 Å². The molecule has 0 aliphatic heterocycles. The van der Waals surface area contributed by atoms with Gasteiger partial charge in [-0.2, -0.15) is 0 Å². The molecule has 4 aromatic rings. The molecule has 142 valence electrons. The second kappa shape index (κ2) is 8.13. The summed E-state index contributed by atoms with van der Waals surface area (Å²) in [7, 11) is 3.33. The van der Waals surface area contributed by atoms with Crippen LogP contribution in [0.4, 0.5) is 0 Å². The van der Waals surface area contributed by atoms with E-state index in [-0.39, 0.29) is 0 Å². The minimum atomic E-state index is 0.794. The molecule has 2 aromatic carbocycles. The molecule has 0 bridgehead atoms. The highest BCUT2D eigenvalue weighted by Gasteiger charge is 2.08. The molecule has 0 spiro atoms. The highest BCUT2D eigenvalue weighted by Crippen LogP contribution is 2.23. The lowest BCUT2D eigenvalue weighted by atomic mass is 10.1. The Hall–Kier alpha value is -3.34. The summed E-state index contributed by atoms with van der Waals surface area (Å²) in [5.74, 6) is 1.60. The Kier molecular flexibility index (Phi) is 5.24. The maximum Gasteiger partial charge on any atom is 0.158 e. The Bertz CT molecular complexity index is 1050. The summed E-state index contributed by atoms with van der Waals surface area (Å²) in [5, 5.41) is 0. The average Bonchev–Trinajstić information content (AvgIpc) is 3.14. The summed E-state index contributed by atoms with van der Waals surface area (Å²) >= 11 is 0. The molecule has 0 N–H and O–H groups in total. The molecule has 0 aliphatic carbocycles. The summed E-state index contributed by atoms with van der Waals surface area (Å²) in [4.78, 5) is 9.46.